The van der Waals surface area contributed by atoms with Crippen LogP contribution in [-0.2, 0) is 0 Å². The maximum absolute atomic E-state index is 13.1. The van der Waals surface area contributed by atoms with Gasteiger partial charge in [-0.3, -0.25) is 0 Å². The van der Waals surface area contributed by atoms with Crippen molar-refractivity contribution < 1.29 is 19.0 Å². The maximum Gasteiger partial charge on any atom is 0.170 e. The van der Waals surface area contributed by atoms with Crippen LogP contribution in [0.25, 0.3) is 0 Å². The molecule has 0 amide bonds. The standard InChI is InChI=1S/C10H9F2NO2/c1-5-6(10(15)8(14)4-13)2-3-7(11)9(5)12/h2-3,8,10,14-15H,1H3. The smallest absolute Gasteiger partial charge is 0.170 e. The lowest BCUT2D eigenvalue weighted by Crippen LogP contribution is -2.17. The molecule has 0 saturated heterocycles. The summed E-state index contributed by atoms with van der Waals surface area (Å²) in [5.41, 5.74) is -0.111. The third kappa shape index (κ3) is 2.12. The Labute approximate surface area is 85.2 Å². The number of nitriles is 1. The molecule has 0 heterocycles. The molecular weight excluding hydrogens is 204 g/mol. The average molecular weight is 213 g/mol. The zero-order chi connectivity index (χ0) is 11.6. The van der Waals surface area contributed by atoms with E-state index < -0.39 is 23.8 Å². The molecule has 0 spiro atoms. The second-order valence-electron chi connectivity index (χ2n) is 3.09. The predicted octanol–water partition coefficient (Wildman–Crippen LogP) is 1.19. The Kier molecular flexibility index (Phi) is 3.35. The highest BCUT2D eigenvalue weighted by molar-refractivity contribution is 5.31. The van der Waals surface area contributed by atoms with E-state index in [1.165, 1.54) is 13.0 Å². The second kappa shape index (κ2) is 4.34. The summed E-state index contributed by atoms with van der Waals surface area (Å²) < 4.78 is 25.8. The monoisotopic (exact) mass is 213 g/mol. The van der Waals surface area contributed by atoms with E-state index in [1.807, 2.05) is 0 Å². The van der Waals surface area contributed by atoms with Gasteiger partial charge in [-0.05, 0) is 24.1 Å². The SMILES string of the molecule is Cc1c(C(O)C(O)C#N)ccc(F)c1F. The van der Waals surface area contributed by atoms with Gasteiger partial charge in [0.1, 0.15) is 6.10 Å². The normalized spacial score (nSPS) is 14.4. The van der Waals surface area contributed by atoms with Gasteiger partial charge >= 0.3 is 0 Å². The first-order valence-corrected chi connectivity index (χ1v) is 4.19. The van der Waals surface area contributed by atoms with Crippen LogP contribution < -0.4 is 0 Å². The van der Waals surface area contributed by atoms with Gasteiger partial charge in [0.05, 0.1) is 6.07 Å². The van der Waals surface area contributed by atoms with Crippen LogP contribution in [0.15, 0.2) is 12.1 Å². The molecule has 0 saturated carbocycles. The Morgan fingerprint density at radius 1 is 1.33 bits per heavy atom. The Hall–Kier alpha value is -1.51. The van der Waals surface area contributed by atoms with Crippen LogP contribution in [0.4, 0.5) is 8.78 Å². The van der Waals surface area contributed by atoms with Gasteiger partial charge in [-0.1, -0.05) is 6.07 Å². The van der Waals surface area contributed by atoms with Crippen LogP contribution in [0.2, 0.25) is 0 Å². The Morgan fingerprint density at radius 3 is 2.47 bits per heavy atom. The molecule has 1 aromatic rings. The summed E-state index contributed by atoms with van der Waals surface area (Å²) in [6.07, 6.45) is -3.20. The molecule has 0 aromatic heterocycles. The molecule has 5 heteroatoms. The van der Waals surface area contributed by atoms with Gasteiger partial charge in [0.15, 0.2) is 17.7 Å². The van der Waals surface area contributed by atoms with Crippen LogP contribution in [0.3, 0.4) is 0 Å². The van der Waals surface area contributed by atoms with Crippen molar-refractivity contribution >= 4 is 0 Å². The van der Waals surface area contributed by atoms with Gasteiger partial charge in [0, 0.05) is 0 Å². The highest BCUT2D eigenvalue weighted by Gasteiger charge is 2.22. The number of rotatable bonds is 2. The first-order valence-electron chi connectivity index (χ1n) is 4.19. The average Bonchev–Trinajstić information content (AvgIpc) is 2.24. The molecule has 2 unspecified atom stereocenters. The van der Waals surface area contributed by atoms with E-state index >= 15 is 0 Å². The van der Waals surface area contributed by atoms with Crippen molar-refractivity contribution in [2.75, 3.05) is 0 Å². The van der Waals surface area contributed by atoms with Crippen molar-refractivity contribution in [3.8, 4) is 6.07 Å². The van der Waals surface area contributed by atoms with Gasteiger partial charge in [-0.15, -0.1) is 0 Å². The molecule has 0 aliphatic rings. The summed E-state index contributed by atoms with van der Waals surface area (Å²) in [6.45, 7) is 1.26. The summed E-state index contributed by atoms with van der Waals surface area (Å²) >= 11 is 0. The topological polar surface area (TPSA) is 64.2 Å². The number of benzene rings is 1. The zero-order valence-electron chi connectivity index (χ0n) is 7.91. The Bertz CT molecular complexity index is 415. The molecule has 0 radical (unpaired) electrons. The minimum absolute atomic E-state index is 0.00273. The van der Waals surface area contributed by atoms with Crippen LogP contribution in [-0.4, -0.2) is 16.3 Å². The fraction of sp³-hybridized carbons (Fsp3) is 0.300. The summed E-state index contributed by atoms with van der Waals surface area (Å²) in [7, 11) is 0. The van der Waals surface area contributed by atoms with Crippen LogP contribution in [0.1, 0.15) is 17.2 Å². The lowest BCUT2D eigenvalue weighted by molar-refractivity contribution is 0.0520. The molecule has 0 aliphatic heterocycles. The van der Waals surface area contributed by atoms with Crippen molar-refractivity contribution in [2.24, 2.45) is 0 Å². The van der Waals surface area contributed by atoms with Crippen LogP contribution >= 0.6 is 0 Å². The molecule has 1 aromatic carbocycles. The van der Waals surface area contributed by atoms with Crippen molar-refractivity contribution in [2.45, 2.75) is 19.1 Å². The summed E-state index contributed by atoms with van der Waals surface area (Å²) in [5.74, 6) is -2.12. The van der Waals surface area contributed by atoms with Gasteiger partial charge < -0.3 is 10.2 Å². The van der Waals surface area contributed by atoms with E-state index in [0.29, 0.717) is 0 Å². The Balaban J connectivity index is 3.17. The number of aliphatic hydroxyl groups is 2. The van der Waals surface area contributed by atoms with Gasteiger partial charge in [0.25, 0.3) is 0 Å². The number of halogens is 2. The zero-order valence-corrected chi connectivity index (χ0v) is 7.91. The molecule has 0 aliphatic carbocycles. The fourth-order valence-corrected chi connectivity index (χ4v) is 1.23. The van der Waals surface area contributed by atoms with Gasteiger partial charge in [-0.25, -0.2) is 8.78 Å². The molecule has 2 atom stereocenters. The third-order valence-corrected chi connectivity index (χ3v) is 2.13. The number of hydrogen-bond donors (Lipinski definition) is 2. The fourth-order valence-electron chi connectivity index (χ4n) is 1.23. The first-order chi connectivity index (χ1) is 6.99. The maximum atomic E-state index is 13.1. The van der Waals surface area contributed by atoms with E-state index in [1.54, 1.807) is 0 Å². The van der Waals surface area contributed by atoms with E-state index in [4.69, 9.17) is 10.4 Å². The quantitative estimate of drug-likeness (QED) is 0.725. The summed E-state index contributed by atoms with van der Waals surface area (Å²) in [6, 6.07) is 3.39. The molecule has 15 heavy (non-hydrogen) atoms. The lowest BCUT2D eigenvalue weighted by atomic mass is 9.99. The van der Waals surface area contributed by atoms with Gasteiger partial charge in [-0.2, -0.15) is 5.26 Å². The predicted molar refractivity (Wildman–Crippen MR) is 47.7 cm³/mol. The Morgan fingerprint density at radius 2 is 1.93 bits per heavy atom. The van der Waals surface area contributed by atoms with E-state index in [9.17, 15) is 13.9 Å². The summed E-state index contributed by atoms with van der Waals surface area (Å²) in [5, 5.41) is 26.8. The molecule has 2 N–H and O–H groups in total. The van der Waals surface area contributed by atoms with Crippen LogP contribution in [0.5, 0.6) is 0 Å². The van der Waals surface area contributed by atoms with Crippen molar-refractivity contribution in [3.63, 3.8) is 0 Å². The molecule has 0 fully saturated rings. The molecule has 0 bridgehead atoms. The highest BCUT2D eigenvalue weighted by atomic mass is 19.2. The first kappa shape index (κ1) is 11.6. The van der Waals surface area contributed by atoms with Crippen molar-refractivity contribution in [1.82, 2.24) is 0 Å². The molecule has 3 nitrogen and oxygen atoms in total. The van der Waals surface area contributed by atoms with E-state index in [-0.39, 0.29) is 11.1 Å². The lowest BCUT2D eigenvalue weighted by Gasteiger charge is -2.15. The van der Waals surface area contributed by atoms with Crippen LogP contribution in [0, 0.1) is 29.9 Å². The van der Waals surface area contributed by atoms with Crippen molar-refractivity contribution in [1.29, 1.82) is 5.26 Å². The largest absolute Gasteiger partial charge is 0.385 e. The summed E-state index contributed by atoms with van der Waals surface area (Å²) in [4.78, 5) is 0. The third-order valence-electron chi connectivity index (χ3n) is 2.13. The van der Waals surface area contributed by atoms with Gasteiger partial charge in [0.2, 0.25) is 0 Å². The molecule has 1 rings (SSSR count). The second-order valence-corrected chi connectivity index (χ2v) is 3.09. The highest BCUT2D eigenvalue weighted by Crippen LogP contribution is 2.24. The van der Waals surface area contributed by atoms with E-state index in [0.717, 1.165) is 12.1 Å². The molecule has 80 valence electrons. The van der Waals surface area contributed by atoms with E-state index in [2.05, 4.69) is 0 Å². The number of nitrogens with zero attached hydrogens (tertiary/aromatic N) is 1. The minimum atomic E-state index is -1.66. The number of hydrogen-bond acceptors (Lipinski definition) is 3. The van der Waals surface area contributed by atoms with Crippen molar-refractivity contribution in [3.05, 3.63) is 34.9 Å². The minimum Gasteiger partial charge on any atom is -0.385 e. The number of aliphatic hydroxyl groups excluding tert-OH is 2. The molecular formula is C10H9F2NO2.